The van der Waals surface area contributed by atoms with E-state index in [0.717, 1.165) is 0 Å². The molecule has 2 heterocycles. The molecule has 0 bridgehead atoms. The third kappa shape index (κ3) is 2.08. The summed E-state index contributed by atoms with van der Waals surface area (Å²) in [6.07, 6.45) is 3.99. The van der Waals surface area contributed by atoms with Crippen molar-refractivity contribution in [1.82, 2.24) is 9.97 Å². The largest absolute Gasteiger partial charge is 0.361 e. The van der Waals surface area contributed by atoms with Crippen LogP contribution < -0.4 is 10.9 Å². The second-order valence-electron chi connectivity index (χ2n) is 3.22. The minimum atomic E-state index is 1.31. The zero-order valence-corrected chi connectivity index (χ0v) is 9.99. The predicted molar refractivity (Wildman–Crippen MR) is 64.2 cm³/mol. The first kappa shape index (κ1) is 9.96. The maximum atomic E-state index is 3.25. The van der Waals surface area contributed by atoms with Gasteiger partial charge in [0.05, 0.1) is 10.9 Å². The van der Waals surface area contributed by atoms with Crippen LogP contribution in [0.4, 0.5) is 0 Å². The maximum Gasteiger partial charge on any atom is 0.0516 e. The molecule has 0 aliphatic carbocycles. The first-order valence-electron chi connectivity index (χ1n) is 4.47. The fraction of sp³-hybridized carbons (Fsp3) is 0.200. The van der Waals surface area contributed by atoms with Crippen LogP contribution in [0.5, 0.6) is 0 Å². The summed E-state index contributed by atoms with van der Waals surface area (Å²) >= 11 is 0. The Kier molecular flexibility index (Phi) is 3.05. The van der Waals surface area contributed by atoms with Gasteiger partial charge in [0.25, 0.3) is 0 Å². The average molecular weight is 222 g/mol. The van der Waals surface area contributed by atoms with E-state index in [1.807, 2.05) is 12.4 Å². The second-order valence-corrected chi connectivity index (χ2v) is 5.71. The summed E-state index contributed by atoms with van der Waals surface area (Å²) in [6.45, 7) is 4.27. The number of nitrogens with one attached hydrogen (secondary N) is 2. The van der Waals surface area contributed by atoms with Crippen LogP contribution >= 0.6 is 16.5 Å². The number of aryl methyl sites for hydroxylation is 2. The average Bonchev–Trinajstić information content (AvgIpc) is 2.72. The van der Waals surface area contributed by atoms with E-state index in [0.29, 0.717) is 0 Å². The van der Waals surface area contributed by atoms with Crippen LogP contribution in [0, 0.1) is 13.8 Å². The van der Waals surface area contributed by atoms with Crippen molar-refractivity contribution >= 4 is 27.4 Å². The Morgan fingerprint density at radius 2 is 1.29 bits per heavy atom. The summed E-state index contributed by atoms with van der Waals surface area (Å²) < 4.78 is 0. The molecule has 0 atom stereocenters. The van der Waals surface area contributed by atoms with Gasteiger partial charge in [0.1, 0.15) is 0 Å². The fourth-order valence-electron chi connectivity index (χ4n) is 1.19. The number of rotatable bonds is 3. The minimum absolute atomic E-state index is 1.31. The summed E-state index contributed by atoms with van der Waals surface area (Å²) in [4.78, 5) is 6.51. The van der Waals surface area contributed by atoms with E-state index in [4.69, 9.17) is 0 Å². The van der Waals surface area contributed by atoms with Crippen LogP contribution in [0.15, 0.2) is 24.5 Å². The van der Waals surface area contributed by atoms with Gasteiger partial charge < -0.3 is 9.97 Å². The molecular weight excluding hydrogens is 210 g/mol. The quantitative estimate of drug-likeness (QED) is 0.748. The van der Waals surface area contributed by atoms with Gasteiger partial charge in [-0.25, -0.2) is 0 Å². The van der Waals surface area contributed by atoms with Crippen molar-refractivity contribution in [3.63, 3.8) is 0 Å². The maximum absolute atomic E-state index is 3.25. The molecule has 2 rings (SSSR count). The Labute approximate surface area is 87.4 Å². The van der Waals surface area contributed by atoms with Crippen LogP contribution in [0.3, 0.4) is 0 Å². The molecule has 0 amide bonds. The molecule has 4 heteroatoms. The molecule has 0 aliphatic heterocycles. The minimum Gasteiger partial charge on any atom is -0.361 e. The van der Waals surface area contributed by atoms with E-state index in [2.05, 4.69) is 35.9 Å². The highest BCUT2D eigenvalue weighted by Crippen LogP contribution is 2.35. The summed E-state index contributed by atoms with van der Waals surface area (Å²) in [6, 6.07) is 4.22. The van der Waals surface area contributed by atoms with Gasteiger partial charge in [-0.3, -0.25) is 0 Å². The molecule has 0 aliphatic rings. The lowest BCUT2D eigenvalue weighted by atomic mass is 10.4. The van der Waals surface area contributed by atoms with Crippen LogP contribution in [0.25, 0.3) is 0 Å². The van der Waals surface area contributed by atoms with Crippen molar-refractivity contribution < 1.29 is 0 Å². The zero-order valence-electron chi connectivity index (χ0n) is 8.20. The van der Waals surface area contributed by atoms with E-state index in [9.17, 15) is 0 Å². The van der Waals surface area contributed by atoms with Crippen molar-refractivity contribution in [1.29, 1.82) is 0 Å². The summed E-state index contributed by atoms with van der Waals surface area (Å²) in [7, 11) is 2.62. The third-order valence-electron chi connectivity index (χ3n) is 2.10. The first-order chi connectivity index (χ1) is 6.77. The number of H-pyrrole nitrogens is 2. The number of aromatic amines is 2. The van der Waals surface area contributed by atoms with E-state index in [-0.39, 0.29) is 0 Å². The molecule has 0 saturated carbocycles. The third-order valence-corrected chi connectivity index (χ3v) is 5.07. The summed E-state index contributed by atoms with van der Waals surface area (Å²) in [5.74, 6) is 0. The van der Waals surface area contributed by atoms with Crippen LogP contribution in [0.1, 0.15) is 11.1 Å². The van der Waals surface area contributed by atoms with Crippen molar-refractivity contribution in [3.05, 3.63) is 35.7 Å². The Morgan fingerprint density at radius 1 is 0.857 bits per heavy atom. The van der Waals surface area contributed by atoms with E-state index < -0.39 is 0 Å². The van der Waals surface area contributed by atoms with Crippen molar-refractivity contribution in [3.8, 4) is 0 Å². The molecule has 0 saturated heterocycles. The molecule has 0 fully saturated rings. The SMILES string of the molecule is Cc1cc[nH]c1[P][P]c1[nH]ccc1C. The summed E-state index contributed by atoms with van der Waals surface area (Å²) in [5, 5.41) is 0. The molecular formula is C10H12N2P2. The van der Waals surface area contributed by atoms with Gasteiger partial charge in [-0.15, -0.1) is 0 Å². The van der Waals surface area contributed by atoms with Gasteiger partial charge >= 0.3 is 0 Å². The normalized spacial score (nSPS) is 12.4. The van der Waals surface area contributed by atoms with Gasteiger partial charge in [-0.2, -0.15) is 0 Å². The highest BCUT2D eigenvalue weighted by molar-refractivity contribution is 8.18. The molecule has 0 aromatic carbocycles. The molecule has 2 radical (unpaired) electrons. The Balaban J connectivity index is 2.02. The van der Waals surface area contributed by atoms with Crippen molar-refractivity contribution in [2.24, 2.45) is 0 Å². The molecule has 2 N–H and O–H groups in total. The zero-order chi connectivity index (χ0) is 9.97. The first-order valence-corrected chi connectivity index (χ1v) is 6.96. The number of hydrogen-bond donors (Lipinski definition) is 2. The molecule has 0 spiro atoms. The Hall–Kier alpha value is -0.580. The lowest BCUT2D eigenvalue weighted by Crippen LogP contribution is -2.00. The van der Waals surface area contributed by atoms with Crippen LogP contribution in [0.2, 0.25) is 0 Å². The second kappa shape index (κ2) is 4.29. The predicted octanol–water partition coefficient (Wildman–Crippen LogP) is 2.72. The standard InChI is InChI=1S/C10H12N2P2/c1-7-3-5-11-9(7)13-14-10-8(2)4-6-12-10/h3-6,11-12H,1-2H3. The molecule has 2 nitrogen and oxygen atoms in total. The van der Waals surface area contributed by atoms with E-state index in [1.165, 1.54) is 38.5 Å². The lowest BCUT2D eigenvalue weighted by Gasteiger charge is -1.98. The molecule has 0 unspecified atom stereocenters. The molecule has 2 aromatic heterocycles. The highest BCUT2D eigenvalue weighted by atomic mass is 32.0. The lowest BCUT2D eigenvalue weighted by molar-refractivity contribution is 1.46. The molecule has 14 heavy (non-hydrogen) atoms. The fourth-order valence-corrected chi connectivity index (χ4v) is 4.01. The molecule has 72 valence electrons. The van der Waals surface area contributed by atoms with Crippen LogP contribution in [-0.4, -0.2) is 9.97 Å². The van der Waals surface area contributed by atoms with Gasteiger partial charge in [-0.1, -0.05) is 0 Å². The smallest absolute Gasteiger partial charge is 0.0516 e. The van der Waals surface area contributed by atoms with Gasteiger partial charge in [0.15, 0.2) is 0 Å². The van der Waals surface area contributed by atoms with Crippen molar-refractivity contribution in [2.45, 2.75) is 13.8 Å². The van der Waals surface area contributed by atoms with E-state index >= 15 is 0 Å². The van der Waals surface area contributed by atoms with Gasteiger partial charge in [0.2, 0.25) is 0 Å². The molecule has 2 aromatic rings. The van der Waals surface area contributed by atoms with Gasteiger partial charge in [-0.05, 0) is 37.1 Å². The Morgan fingerprint density at radius 3 is 1.57 bits per heavy atom. The Bertz CT molecular complexity index is 377. The van der Waals surface area contributed by atoms with E-state index in [1.54, 1.807) is 0 Å². The van der Waals surface area contributed by atoms with Crippen molar-refractivity contribution in [2.75, 3.05) is 0 Å². The van der Waals surface area contributed by atoms with Crippen LogP contribution in [-0.2, 0) is 0 Å². The topological polar surface area (TPSA) is 31.6 Å². The summed E-state index contributed by atoms with van der Waals surface area (Å²) in [5.41, 5.74) is 5.29. The highest BCUT2D eigenvalue weighted by Gasteiger charge is 2.04. The monoisotopic (exact) mass is 222 g/mol. The number of aromatic nitrogens is 2. The number of hydrogen-bond acceptors (Lipinski definition) is 0. The van der Waals surface area contributed by atoms with Gasteiger partial charge in [0, 0.05) is 28.9 Å².